The zero-order valence-corrected chi connectivity index (χ0v) is 7.74. The summed E-state index contributed by atoms with van der Waals surface area (Å²) in [4.78, 5) is 0. The van der Waals surface area contributed by atoms with Gasteiger partial charge in [-0.15, -0.1) is 6.58 Å². The molecule has 0 nitrogen and oxygen atoms in total. The van der Waals surface area contributed by atoms with Gasteiger partial charge in [0.25, 0.3) is 0 Å². The molecular formula is C13H14. The monoisotopic (exact) mass is 170 g/mol. The molecule has 13 heavy (non-hydrogen) atoms. The largest absolute Gasteiger partial charge is 0.103 e. The van der Waals surface area contributed by atoms with Crippen LogP contribution in [0.5, 0.6) is 0 Å². The van der Waals surface area contributed by atoms with E-state index in [0.29, 0.717) is 0 Å². The molecule has 0 aliphatic carbocycles. The van der Waals surface area contributed by atoms with E-state index in [2.05, 4.69) is 25.3 Å². The van der Waals surface area contributed by atoms with Crippen molar-refractivity contribution >= 4 is 5.57 Å². The van der Waals surface area contributed by atoms with Crippen LogP contribution in [-0.2, 0) is 0 Å². The zero-order chi connectivity index (χ0) is 9.52. The molecule has 0 saturated carbocycles. The topological polar surface area (TPSA) is 0 Å². The Morgan fingerprint density at radius 1 is 1.15 bits per heavy atom. The fourth-order valence-corrected chi connectivity index (χ4v) is 1.23. The molecule has 0 spiro atoms. The van der Waals surface area contributed by atoms with Crippen LogP contribution in [0.4, 0.5) is 0 Å². The SMILES string of the molecule is C=CC=C(CC=C)c1ccccc1. The van der Waals surface area contributed by atoms with Gasteiger partial charge in [0, 0.05) is 0 Å². The van der Waals surface area contributed by atoms with E-state index in [1.54, 1.807) is 0 Å². The molecule has 0 heteroatoms. The lowest BCUT2D eigenvalue weighted by Gasteiger charge is -2.02. The molecular weight excluding hydrogens is 156 g/mol. The molecule has 0 amide bonds. The molecule has 66 valence electrons. The lowest BCUT2D eigenvalue weighted by molar-refractivity contribution is 1.40. The van der Waals surface area contributed by atoms with E-state index in [9.17, 15) is 0 Å². The Morgan fingerprint density at radius 3 is 2.38 bits per heavy atom. The minimum atomic E-state index is 0.885. The van der Waals surface area contributed by atoms with Crippen LogP contribution in [0.25, 0.3) is 5.57 Å². The number of hydrogen-bond donors (Lipinski definition) is 0. The standard InChI is InChI=1S/C13H14/c1-3-8-12(9-4-2)13-10-6-5-7-11-13/h3-8,10-11H,1-2,9H2. The smallest absolute Gasteiger partial charge is 0.00942 e. The van der Waals surface area contributed by atoms with Crippen molar-refractivity contribution in [3.63, 3.8) is 0 Å². The number of hydrogen-bond acceptors (Lipinski definition) is 0. The maximum atomic E-state index is 3.73. The van der Waals surface area contributed by atoms with Crippen LogP contribution in [0, 0.1) is 0 Å². The van der Waals surface area contributed by atoms with Gasteiger partial charge in [-0.1, -0.05) is 55.1 Å². The molecule has 0 saturated heterocycles. The molecule has 0 radical (unpaired) electrons. The Balaban J connectivity index is 2.95. The number of allylic oxidation sites excluding steroid dienone is 4. The van der Waals surface area contributed by atoms with Gasteiger partial charge < -0.3 is 0 Å². The van der Waals surface area contributed by atoms with Gasteiger partial charge in [-0.25, -0.2) is 0 Å². The van der Waals surface area contributed by atoms with Crippen molar-refractivity contribution in [2.75, 3.05) is 0 Å². The summed E-state index contributed by atoms with van der Waals surface area (Å²) < 4.78 is 0. The summed E-state index contributed by atoms with van der Waals surface area (Å²) in [5.41, 5.74) is 2.49. The molecule has 0 atom stereocenters. The first-order valence-electron chi connectivity index (χ1n) is 4.36. The first kappa shape index (κ1) is 9.53. The van der Waals surface area contributed by atoms with Crippen LogP contribution in [0.2, 0.25) is 0 Å². The Labute approximate surface area is 79.9 Å². The first-order valence-corrected chi connectivity index (χ1v) is 4.36. The summed E-state index contributed by atoms with van der Waals surface area (Å²) in [6.07, 6.45) is 6.63. The van der Waals surface area contributed by atoms with Crippen molar-refractivity contribution in [1.82, 2.24) is 0 Å². The average Bonchev–Trinajstić information content (AvgIpc) is 2.19. The van der Waals surface area contributed by atoms with E-state index in [0.717, 1.165) is 6.42 Å². The molecule has 1 aromatic rings. The van der Waals surface area contributed by atoms with Crippen LogP contribution in [0.3, 0.4) is 0 Å². The van der Waals surface area contributed by atoms with Gasteiger partial charge in [-0.2, -0.15) is 0 Å². The first-order chi connectivity index (χ1) is 6.38. The van der Waals surface area contributed by atoms with E-state index in [1.165, 1.54) is 11.1 Å². The van der Waals surface area contributed by atoms with Crippen molar-refractivity contribution in [3.8, 4) is 0 Å². The average molecular weight is 170 g/mol. The molecule has 1 rings (SSSR count). The van der Waals surface area contributed by atoms with E-state index in [-0.39, 0.29) is 0 Å². The summed E-state index contributed by atoms with van der Waals surface area (Å²) in [6, 6.07) is 10.3. The third-order valence-electron chi connectivity index (χ3n) is 1.83. The van der Waals surface area contributed by atoms with Gasteiger partial charge in [-0.3, -0.25) is 0 Å². The summed E-state index contributed by atoms with van der Waals surface area (Å²) >= 11 is 0. The predicted octanol–water partition coefficient (Wildman–Crippen LogP) is 3.83. The third kappa shape index (κ3) is 2.75. The highest BCUT2D eigenvalue weighted by molar-refractivity contribution is 5.67. The van der Waals surface area contributed by atoms with Gasteiger partial charge in [0.15, 0.2) is 0 Å². The highest BCUT2D eigenvalue weighted by Gasteiger charge is 1.95. The molecule has 0 heterocycles. The second kappa shape index (κ2) is 5.15. The minimum Gasteiger partial charge on any atom is -0.103 e. The lowest BCUT2D eigenvalue weighted by Crippen LogP contribution is -1.81. The van der Waals surface area contributed by atoms with Gasteiger partial charge in [0.2, 0.25) is 0 Å². The van der Waals surface area contributed by atoms with Crippen molar-refractivity contribution < 1.29 is 0 Å². The summed E-state index contributed by atoms with van der Waals surface area (Å²) in [5.74, 6) is 0. The van der Waals surface area contributed by atoms with Crippen LogP contribution in [0.1, 0.15) is 12.0 Å². The van der Waals surface area contributed by atoms with Gasteiger partial charge in [0.05, 0.1) is 0 Å². The van der Waals surface area contributed by atoms with Gasteiger partial charge >= 0.3 is 0 Å². The number of benzene rings is 1. The highest BCUT2D eigenvalue weighted by atomic mass is 14.0. The molecule has 0 aromatic heterocycles. The second-order valence-corrected chi connectivity index (χ2v) is 2.79. The molecule has 0 unspecified atom stereocenters. The Bertz CT molecular complexity index is 304. The quantitative estimate of drug-likeness (QED) is 0.476. The second-order valence-electron chi connectivity index (χ2n) is 2.79. The Hall–Kier alpha value is -1.56. The van der Waals surface area contributed by atoms with Crippen molar-refractivity contribution in [2.24, 2.45) is 0 Å². The van der Waals surface area contributed by atoms with E-state index >= 15 is 0 Å². The molecule has 0 aliphatic heterocycles. The molecule has 0 N–H and O–H groups in total. The zero-order valence-electron chi connectivity index (χ0n) is 7.74. The van der Waals surface area contributed by atoms with Crippen molar-refractivity contribution in [2.45, 2.75) is 6.42 Å². The minimum absolute atomic E-state index is 0.885. The summed E-state index contributed by atoms with van der Waals surface area (Å²) in [7, 11) is 0. The van der Waals surface area contributed by atoms with Crippen LogP contribution >= 0.6 is 0 Å². The summed E-state index contributed by atoms with van der Waals surface area (Å²) in [6.45, 7) is 7.43. The third-order valence-corrected chi connectivity index (χ3v) is 1.83. The van der Waals surface area contributed by atoms with E-state index in [4.69, 9.17) is 0 Å². The van der Waals surface area contributed by atoms with E-state index < -0.39 is 0 Å². The fraction of sp³-hybridized carbons (Fsp3) is 0.0769. The summed E-state index contributed by atoms with van der Waals surface area (Å²) in [5, 5.41) is 0. The maximum Gasteiger partial charge on any atom is -0.00942 e. The van der Waals surface area contributed by atoms with Crippen molar-refractivity contribution in [1.29, 1.82) is 0 Å². The molecule has 0 aliphatic rings. The molecule has 0 bridgehead atoms. The van der Waals surface area contributed by atoms with Gasteiger partial charge in [-0.05, 0) is 17.6 Å². The maximum absolute atomic E-state index is 3.73. The normalized spacial score (nSPS) is 10.9. The van der Waals surface area contributed by atoms with Crippen molar-refractivity contribution in [3.05, 3.63) is 67.3 Å². The van der Waals surface area contributed by atoms with E-state index in [1.807, 2.05) is 36.4 Å². The Kier molecular flexibility index (Phi) is 3.77. The van der Waals surface area contributed by atoms with Crippen LogP contribution in [-0.4, -0.2) is 0 Å². The highest BCUT2D eigenvalue weighted by Crippen LogP contribution is 2.17. The lowest BCUT2D eigenvalue weighted by atomic mass is 10.0. The van der Waals surface area contributed by atoms with Gasteiger partial charge in [0.1, 0.15) is 0 Å². The molecule has 0 fully saturated rings. The predicted molar refractivity (Wildman–Crippen MR) is 59.4 cm³/mol. The number of rotatable bonds is 4. The Morgan fingerprint density at radius 2 is 1.85 bits per heavy atom. The molecule has 1 aromatic carbocycles. The fourth-order valence-electron chi connectivity index (χ4n) is 1.23. The van der Waals surface area contributed by atoms with Crippen LogP contribution < -0.4 is 0 Å². The van der Waals surface area contributed by atoms with Crippen LogP contribution in [0.15, 0.2) is 61.7 Å².